The Morgan fingerprint density at radius 3 is 2.65 bits per heavy atom. The molecule has 0 saturated carbocycles. The zero-order valence-electron chi connectivity index (χ0n) is 10.7. The van der Waals surface area contributed by atoms with Crippen molar-refractivity contribution in [3.05, 3.63) is 35.4 Å². The molecular formula is C14H22N2O. The van der Waals surface area contributed by atoms with Crippen LogP contribution in [0.15, 0.2) is 24.3 Å². The average molecular weight is 234 g/mol. The minimum absolute atomic E-state index is 0.212. The molecule has 1 aromatic rings. The average Bonchev–Trinajstić information content (AvgIpc) is 2.31. The highest BCUT2D eigenvalue weighted by Gasteiger charge is 2.22. The maximum Gasteiger partial charge on any atom is 0.0597 e. The van der Waals surface area contributed by atoms with Crippen molar-refractivity contribution in [2.45, 2.75) is 32.5 Å². The molecule has 1 fully saturated rings. The normalized spacial score (nSPS) is 26.1. The van der Waals surface area contributed by atoms with E-state index in [2.05, 4.69) is 48.3 Å². The highest BCUT2D eigenvalue weighted by atomic mass is 16.3. The number of aryl methyl sites for hydroxylation is 1. The number of piperazine rings is 1. The van der Waals surface area contributed by atoms with Crippen LogP contribution in [-0.4, -0.2) is 41.8 Å². The summed E-state index contributed by atoms with van der Waals surface area (Å²) in [5.74, 6) is 0. The summed E-state index contributed by atoms with van der Waals surface area (Å²) in [6.07, 6.45) is 0. The van der Waals surface area contributed by atoms with Gasteiger partial charge in [-0.05, 0) is 19.4 Å². The van der Waals surface area contributed by atoms with E-state index < -0.39 is 0 Å². The van der Waals surface area contributed by atoms with E-state index in [9.17, 15) is 5.11 Å². The second kappa shape index (κ2) is 5.63. The van der Waals surface area contributed by atoms with E-state index in [-0.39, 0.29) is 12.6 Å². The molecule has 1 aliphatic rings. The third kappa shape index (κ3) is 3.53. The molecule has 2 unspecified atom stereocenters. The molecule has 2 rings (SSSR count). The molecule has 0 spiro atoms. The van der Waals surface area contributed by atoms with Crippen LogP contribution in [0, 0.1) is 6.92 Å². The van der Waals surface area contributed by atoms with E-state index in [0.29, 0.717) is 6.04 Å². The number of hydrogen-bond acceptors (Lipinski definition) is 3. The van der Waals surface area contributed by atoms with Crippen molar-refractivity contribution in [1.29, 1.82) is 0 Å². The molecule has 17 heavy (non-hydrogen) atoms. The van der Waals surface area contributed by atoms with E-state index in [1.54, 1.807) is 0 Å². The summed E-state index contributed by atoms with van der Waals surface area (Å²) < 4.78 is 0. The molecule has 1 heterocycles. The molecule has 3 nitrogen and oxygen atoms in total. The minimum Gasteiger partial charge on any atom is -0.395 e. The molecule has 3 heteroatoms. The summed E-state index contributed by atoms with van der Waals surface area (Å²) in [5, 5.41) is 12.6. The van der Waals surface area contributed by atoms with Gasteiger partial charge in [-0.1, -0.05) is 29.8 Å². The largest absolute Gasteiger partial charge is 0.395 e. The van der Waals surface area contributed by atoms with Crippen LogP contribution < -0.4 is 5.32 Å². The maximum atomic E-state index is 9.24. The van der Waals surface area contributed by atoms with Crippen LogP contribution in [0.4, 0.5) is 0 Å². The van der Waals surface area contributed by atoms with Gasteiger partial charge in [-0.2, -0.15) is 0 Å². The van der Waals surface area contributed by atoms with Crippen LogP contribution in [0.25, 0.3) is 0 Å². The Kier molecular flexibility index (Phi) is 4.15. The van der Waals surface area contributed by atoms with Gasteiger partial charge in [-0.15, -0.1) is 0 Å². The van der Waals surface area contributed by atoms with Gasteiger partial charge in [0.15, 0.2) is 0 Å². The van der Waals surface area contributed by atoms with Crippen LogP contribution in [-0.2, 0) is 6.54 Å². The van der Waals surface area contributed by atoms with Crippen LogP contribution in [0.5, 0.6) is 0 Å². The number of rotatable bonds is 3. The minimum atomic E-state index is 0.212. The Bertz CT molecular complexity index is 350. The van der Waals surface area contributed by atoms with Gasteiger partial charge in [0.2, 0.25) is 0 Å². The van der Waals surface area contributed by atoms with Crippen molar-refractivity contribution in [2.24, 2.45) is 0 Å². The summed E-state index contributed by atoms with van der Waals surface area (Å²) in [5.41, 5.74) is 2.65. The molecule has 0 radical (unpaired) electrons. The quantitative estimate of drug-likeness (QED) is 0.823. The lowest BCUT2D eigenvalue weighted by Crippen LogP contribution is -2.56. The van der Waals surface area contributed by atoms with Gasteiger partial charge in [0.25, 0.3) is 0 Å². The van der Waals surface area contributed by atoms with Gasteiger partial charge < -0.3 is 10.4 Å². The van der Waals surface area contributed by atoms with Crippen molar-refractivity contribution in [3.8, 4) is 0 Å². The first-order chi connectivity index (χ1) is 8.17. The van der Waals surface area contributed by atoms with Crippen molar-refractivity contribution >= 4 is 0 Å². The van der Waals surface area contributed by atoms with Crippen molar-refractivity contribution in [1.82, 2.24) is 10.2 Å². The summed E-state index contributed by atoms with van der Waals surface area (Å²) in [6, 6.07) is 9.36. The zero-order valence-corrected chi connectivity index (χ0v) is 10.7. The highest BCUT2D eigenvalue weighted by molar-refractivity contribution is 5.21. The van der Waals surface area contributed by atoms with E-state index in [4.69, 9.17) is 0 Å². The summed E-state index contributed by atoms with van der Waals surface area (Å²) in [7, 11) is 0. The molecule has 1 aromatic carbocycles. The monoisotopic (exact) mass is 234 g/mol. The first-order valence-electron chi connectivity index (χ1n) is 6.32. The first-order valence-corrected chi connectivity index (χ1v) is 6.32. The molecule has 94 valence electrons. The topological polar surface area (TPSA) is 35.5 Å². The molecule has 0 amide bonds. The van der Waals surface area contributed by atoms with Gasteiger partial charge in [0.05, 0.1) is 6.61 Å². The molecule has 1 saturated heterocycles. The van der Waals surface area contributed by atoms with Crippen molar-refractivity contribution in [3.63, 3.8) is 0 Å². The third-order valence-electron chi connectivity index (χ3n) is 3.28. The second-order valence-electron chi connectivity index (χ2n) is 5.13. The lowest BCUT2D eigenvalue weighted by molar-refractivity contribution is 0.119. The number of aliphatic hydroxyl groups is 1. The fourth-order valence-electron chi connectivity index (χ4n) is 2.47. The molecule has 0 aromatic heterocycles. The molecule has 0 bridgehead atoms. The van der Waals surface area contributed by atoms with Gasteiger partial charge in [0, 0.05) is 31.7 Å². The van der Waals surface area contributed by atoms with Crippen molar-refractivity contribution < 1.29 is 5.11 Å². The van der Waals surface area contributed by atoms with Gasteiger partial charge in [-0.25, -0.2) is 0 Å². The molecule has 2 N–H and O–H groups in total. The Balaban J connectivity index is 1.95. The fourth-order valence-corrected chi connectivity index (χ4v) is 2.47. The lowest BCUT2D eigenvalue weighted by Gasteiger charge is -2.36. The molecule has 2 atom stereocenters. The zero-order chi connectivity index (χ0) is 12.3. The fraction of sp³-hybridized carbons (Fsp3) is 0.571. The number of nitrogens with zero attached hydrogens (tertiary/aromatic N) is 1. The van der Waals surface area contributed by atoms with E-state index >= 15 is 0 Å². The highest BCUT2D eigenvalue weighted by Crippen LogP contribution is 2.11. The van der Waals surface area contributed by atoms with Crippen LogP contribution >= 0.6 is 0 Å². The summed E-state index contributed by atoms with van der Waals surface area (Å²) >= 11 is 0. The smallest absolute Gasteiger partial charge is 0.0597 e. The predicted molar refractivity (Wildman–Crippen MR) is 69.9 cm³/mol. The van der Waals surface area contributed by atoms with Gasteiger partial charge in [-0.3, -0.25) is 4.90 Å². The Hall–Kier alpha value is -0.900. The van der Waals surface area contributed by atoms with E-state index in [1.165, 1.54) is 11.1 Å². The lowest BCUT2D eigenvalue weighted by atomic mass is 10.1. The second-order valence-corrected chi connectivity index (χ2v) is 5.13. The Morgan fingerprint density at radius 1 is 1.29 bits per heavy atom. The predicted octanol–water partition coefficient (Wildman–Crippen LogP) is 1.15. The van der Waals surface area contributed by atoms with E-state index in [0.717, 1.165) is 19.6 Å². The number of hydrogen-bond donors (Lipinski definition) is 2. The SMILES string of the molecule is Cc1ccc(CN2CC(C)NC(CO)C2)cc1. The summed E-state index contributed by atoms with van der Waals surface area (Å²) in [6.45, 7) is 7.44. The van der Waals surface area contributed by atoms with Crippen LogP contribution in [0.1, 0.15) is 18.1 Å². The number of benzene rings is 1. The van der Waals surface area contributed by atoms with Crippen LogP contribution in [0.2, 0.25) is 0 Å². The Morgan fingerprint density at radius 2 is 2.00 bits per heavy atom. The number of aliphatic hydroxyl groups excluding tert-OH is 1. The molecule has 1 aliphatic heterocycles. The van der Waals surface area contributed by atoms with Crippen LogP contribution in [0.3, 0.4) is 0 Å². The molecular weight excluding hydrogens is 212 g/mol. The summed E-state index contributed by atoms with van der Waals surface area (Å²) in [4.78, 5) is 2.41. The number of nitrogens with one attached hydrogen (secondary N) is 1. The first kappa shape index (κ1) is 12.6. The van der Waals surface area contributed by atoms with Crippen molar-refractivity contribution in [2.75, 3.05) is 19.7 Å². The van der Waals surface area contributed by atoms with E-state index in [1.807, 2.05) is 0 Å². The third-order valence-corrected chi connectivity index (χ3v) is 3.28. The Labute approximate surface area is 103 Å². The maximum absolute atomic E-state index is 9.24. The standard InChI is InChI=1S/C14H22N2O/c1-11-3-5-13(6-4-11)8-16-7-12(2)15-14(9-16)10-17/h3-6,12,14-15,17H,7-10H2,1-2H3. The van der Waals surface area contributed by atoms with Gasteiger partial charge in [0.1, 0.15) is 0 Å². The van der Waals surface area contributed by atoms with Gasteiger partial charge >= 0.3 is 0 Å². The molecule has 0 aliphatic carbocycles.